The highest BCUT2D eigenvalue weighted by atomic mass is 15.5. The Morgan fingerprint density at radius 1 is 1.00 bits per heavy atom. The molecule has 4 nitrogen and oxygen atoms in total. The zero-order valence-corrected chi connectivity index (χ0v) is 15.0. The van der Waals surface area contributed by atoms with E-state index in [-0.39, 0.29) is 6.04 Å². The lowest BCUT2D eigenvalue weighted by Gasteiger charge is -2.20. The zero-order valence-electron chi connectivity index (χ0n) is 15.0. The monoisotopic (exact) mass is 326 g/mol. The molecule has 1 aromatic heterocycles. The first-order valence-electron chi connectivity index (χ1n) is 9.48. The number of rotatable bonds is 5. The first kappa shape index (κ1) is 17.2. The Hall–Kier alpha value is -1.68. The molecule has 0 spiro atoms. The van der Waals surface area contributed by atoms with E-state index in [4.69, 9.17) is 10.2 Å². The third-order valence-corrected chi connectivity index (χ3v) is 4.87. The largest absolute Gasteiger partial charge is 0.308 e. The quantitative estimate of drug-likeness (QED) is 0.864. The molecule has 130 valence electrons. The van der Waals surface area contributed by atoms with Gasteiger partial charge in [-0.3, -0.25) is 0 Å². The van der Waals surface area contributed by atoms with Crippen molar-refractivity contribution in [2.45, 2.75) is 77.4 Å². The van der Waals surface area contributed by atoms with Gasteiger partial charge in [0.05, 0.1) is 6.04 Å². The van der Waals surface area contributed by atoms with Crippen LogP contribution in [0.25, 0.3) is 11.3 Å². The van der Waals surface area contributed by atoms with Gasteiger partial charge in [0.15, 0.2) is 0 Å². The number of hydrogen-bond acceptors (Lipinski definition) is 3. The molecule has 0 amide bonds. The summed E-state index contributed by atoms with van der Waals surface area (Å²) in [5.74, 6) is 0. The van der Waals surface area contributed by atoms with Gasteiger partial charge in [-0.15, -0.1) is 0 Å². The summed E-state index contributed by atoms with van der Waals surface area (Å²) in [5.41, 5.74) is 3.23. The fourth-order valence-electron chi connectivity index (χ4n) is 3.43. The number of nitrogens with zero attached hydrogens (tertiary/aromatic N) is 3. The fraction of sp³-hybridized carbons (Fsp3) is 0.600. The van der Waals surface area contributed by atoms with Crippen LogP contribution in [0.15, 0.2) is 30.3 Å². The average molecular weight is 326 g/mol. The summed E-state index contributed by atoms with van der Waals surface area (Å²) >= 11 is 0. The number of nitrogens with one attached hydrogen (secondary N) is 1. The highest BCUT2D eigenvalue weighted by Crippen LogP contribution is 2.22. The molecule has 2 aromatic rings. The van der Waals surface area contributed by atoms with Crippen LogP contribution >= 0.6 is 0 Å². The molecule has 0 bridgehead atoms. The Bertz CT molecular complexity index is 610. The summed E-state index contributed by atoms with van der Waals surface area (Å²) in [7, 11) is 0. The fourth-order valence-corrected chi connectivity index (χ4v) is 3.43. The molecule has 24 heavy (non-hydrogen) atoms. The molecule has 0 unspecified atom stereocenters. The minimum atomic E-state index is 0.280. The second kappa shape index (κ2) is 8.43. The van der Waals surface area contributed by atoms with Crippen LogP contribution in [0, 0.1) is 0 Å². The SMILES string of the molecule is CC(C)n1nc(CNC2CCCCCCC2)c(-c2ccccc2)n1. The third-order valence-electron chi connectivity index (χ3n) is 4.87. The number of hydrogen-bond donors (Lipinski definition) is 1. The zero-order chi connectivity index (χ0) is 16.8. The van der Waals surface area contributed by atoms with E-state index in [2.05, 4.69) is 43.4 Å². The number of aromatic nitrogens is 3. The van der Waals surface area contributed by atoms with E-state index in [9.17, 15) is 0 Å². The van der Waals surface area contributed by atoms with Gasteiger partial charge in [0.25, 0.3) is 0 Å². The summed E-state index contributed by atoms with van der Waals surface area (Å²) in [4.78, 5) is 1.84. The predicted molar refractivity (Wildman–Crippen MR) is 98.8 cm³/mol. The van der Waals surface area contributed by atoms with Crippen molar-refractivity contribution in [3.8, 4) is 11.3 Å². The van der Waals surface area contributed by atoms with E-state index in [1.165, 1.54) is 44.9 Å². The summed E-state index contributed by atoms with van der Waals surface area (Å²) in [6.07, 6.45) is 9.46. The normalized spacial score (nSPS) is 17.0. The first-order chi connectivity index (χ1) is 11.7. The van der Waals surface area contributed by atoms with E-state index in [1.807, 2.05) is 10.9 Å². The van der Waals surface area contributed by atoms with E-state index in [0.29, 0.717) is 6.04 Å². The van der Waals surface area contributed by atoms with E-state index < -0.39 is 0 Å². The molecule has 1 N–H and O–H groups in total. The molecule has 0 radical (unpaired) electrons. The molecule has 3 rings (SSSR count). The van der Waals surface area contributed by atoms with Gasteiger partial charge in [0.1, 0.15) is 11.4 Å². The molecule has 1 aromatic carbocycles. The minimum Gasteiger partial charge on any atom is -0.308 e. The van der Waals surface area contributed by atoms with Crippen LogP contribution in [0.4, 0.5) is 0 Å². The smallest absolute Gasteiger partial charge is 0.117 e. The van der Waals surface area contributed by atoms with Crippen LogP contribution in [0.2, 0.25) is 0 Å². The Labute approximate surface area is 145 Å². The van der Waals surface area contributed by atoms with Gasteiger partial charge in [0, 0.05) is 18.2 Å². The first-order valence-corrected chi connectivity index (χ1v) is 9.48. The molecule has 1 aliphatic rings. The maximum absolute atomic E-state index is 4.76. The lowest BCUT2D eigenvalue weighted by atomic mass is 9.96. The maximum Gasteiger partial charge on any atom is 0.117 e. The molecule has 1 aliphatic carbocycles. The average Bonchev–Trinajstić information content (AvgIpc) is 2.99. The second-order valence-electron chi connectivity index (χ2n) is 7.20. The van der Waals surface area contributed by atoms with Gasteiger partial charge < -0.3 is 5.32 Å². The topological polar surface area (TPSA) is 42.7 Å². The highest BCUT2D eigenvalue weighted by Gasteiger charge is 2.17. The Balaban J connectivity index is 1.74. The van der Waals surface area contributed by atoms with Crippen molar-refractivity contribution in [1.82, 2.24) is 20.3 Å². The van der Waals surface area contributed by atoms with Crippen molar-refractivity contribution in [2.75, 3.05) is 0 Å². The van der Waals surface area contributed by atoms with E-state index in [0.717, 1.165) is 23.5 Å². The Morgan fingerprint density at radius 3 is 2.33 bits per heavy atom. The standard InChI is InChI=1S/C20H30N4/c1-16(2)24-22-19(20(23-24)17-11-7-6-8-12-17)15-21-18-13-9-4-3-5-10-14-18/h6-8,11-12,16,18,21H,3-5,9-10,13-15H2,1-2H3. The van der Waals surface area contributed by atoms with Crippen LogP contribution in [-0.2, 0) is 6.54 Å². The molecule has 1 heterocycles. The molecular formula is C20H30N4. The summed E-state index contributed by atoms with van der Waals surface area (Å²) in [5, 5.41) is 13.3. The molecule has 0 saturated heterocycles. The van der Waals surface area contributed by atoms with Gasteiger partial charge in [-0.05, 0) is 26.7 Å². The maximum atomic E-state index is 4.76. The van der Waals surface area contributed by atoms with Gasteiger partial charge in [0.2, 0.25) is 0 Å². The van der Waals surface area contributed by atoms with Crippen molar-refractivity contribution >= 4 is 0 Å². The number of benzene rings is 1. The lowest BCUT2D eigenvalue weighted by molar-refractivity contribution is 0.385. The van der Waals surface area contributed by atoms with Gasteiger partial charge in [-0.25, -0.2) is 0 Å². The van der Waals surface area contributed by atoms with Crippen LogP contribution in [0.1, 0.15) is 70.5 Å². The van der Waals surface area contributed by atoms with Gasteiger partial charge in [-0.2, -0.15) is 15.0 Å². The van der Waals surface area contributed by atoms with Crippen LogP contribution in [0.5, 0.6) is 0 Å². The Kier molecular flexibility index (Phi) is 6.02. The van der Waals surface area contributed by atoms with Gasteiger partial charge in [-0.1, -0.05) is 62.4 Å². The predicted octanol–water partition coefficient (Wildman–Crippen LogP) is 4.73. The molecule has 4 heteroatoms. The van der Waals surface area contributed by atoms with E-state index in [1.54, 1.807) is 0 Å². The summed E-state index contributed by atoms with van der Waals surface area (Å²) in [6.45, 7) is 5.06. The molecule has 0 atom stereocenters. The van der Waals surface area contributed by atoms with Crippen molar-refractivity contribution in [3.63, 3.8) is 0 Å². The van der Waals surface area contributed by atoms with Crippen LogP contribution in [-0.4, -0.2) is 21.0 Å². The highest BCUT2D eigenvalue weighted by molar-refractivity contribution is 5.60. The van der Waals surface area contributed by atoms with Gasteiger partial charge >= 0.3 is 0 Å². The van der Waals surface area contributed by atoms with Crippen molar-refractivity contribution in [3.05, 3.63) is 36.0 Å². The Morgan fingerprint density at radius 2 is 1.67 bits per heavy atom. The summed E-state index contributed by atoms with van der Waals surface area (Å²) in [6, 6.07) is 11.3. The lowest BCUT2D eigenvalue weighted by Crippen LogP contribution is -2.29. The van der Waals surface area contributed by atoms with Crippen molar-refractivity contribution < 1.29 is 0 Å². The molecule has 1 fully saturated rings. The molecular weight excluding hydrogens is 296 g/mol. The molecule has 0 aliphatic heterocycles. The summed E-state index contributed by atoms with van der Waals surface area (Å²) < 4.78 is 0. The van der Waals surface area contributed by atoms with E-state index >= 15 is 0 Å². The van der Waals surface area contributed by atoms with Crippen molar-refractivity contribution in [2.24, 2.45) is 0 Å². The second-order valence-corrected chi connectivity index (χ2v) is 7.20. The van der Waals surface area contributed by atoms with Crippen LogP contribution < -0.4 is 5.32 Å². The minimum absolute atomic E-state index is 0.280. The molecule has 1 saturated carbocycles. The van der Waals surface area contributed by atoms with Crippen molar-refractivity contribution in [1.29, 1.82) is 0 Å². The third kappa shape index (κ3) is 4.44. The van der Waals surface area contributed by atoms with Crippen LogP contribution in [0.3, 0.4) is 0 Å².